The minimum atomic E-state index is 0.708. The molecule has 0 aliphatic heterocycles. The van der Waals surface area contributed by atoms with Gasteiger partial charge in [-0.2, -0.15) is 0 Å². The molecule has 2 nitrogen and oxygen atoms in total. The van der Waals surface area contributed by atoms with Crippen molar-refractivity contribution in [2.75, 3.05) is 5.73 Å². The van der Waals surface area contributed by atoms with Crippen molar-refractivity contribution in [2.45, 2.75) is 13.8 Å². The number of nitrogens with zero attached hydrogens (tertiary/aromatic N) is 1. The highest BCUT2D eigenvalue weighted by atomic mass is 35.5. The number of benzene rings is 3. The molecule has 4 rings (SSSR count). The standard InChI is InChI=1S/C21H17ClN2/c1-12-3-4-13(2)16(9-12)21-17-10-14(22)5-7-19(17)24-20-8-6-15(23)11-18(20)21/h3-11H,23H2,1-2H3. The Morgan fingerprint density at radius 2 is 1.54 bits per heavy atom. The Bertz CT molecular complexity index is 1040. The molecule has 0 bridgehead atoms. The van der Waals surface area contributed by atoms with Crippen LogP contribution >= 0.6 is 11.6 Å². The van der Waals surface area contributed by atoms with Gasteiger partial charge in [0.1, 0.15) is 0 Å². The van der Waals surface area contributed by atoms with Gasteiger partial charge in [-0.3, -0.25) is 0 Å². The zero-order valence-electron chi connectivity index (χ0n) is 13.6. The molecule has 0 spiro atoms. The molecule has 0 unspecified atom stereocenters. The number of aromatic nitrogens is 1. The van der Waals surface area contributed by atoms with Gasteiger partial charge in [0.2, 0.25) is 0 Å². The lowest BCUT2D eigenvalue weighted by Gasteiger charge is -2.15. The highest BCUT2D eigenvalue weighted by Gasteiger charge is 2.14. The van der Waals surface area contributed by atoms with Crippen molar-refractivity contribution in [3.63, 3.8) is 0 Å². The van der Waals surface area contributed by atoms with E-state index in [-0.39, 0.29) is 0 Å². The van der Waals surface area contributed by atoms with Crippen LogP contribution in [-0.2, 0) is 0 Å². The van der Waals surface area contributed by atoms with Crippen LogP contribution in [0.5, 0.6) is 0 Å². The Balaban J connectivity index is 2.26. The molecule has 0 amide bonds. The molecular formula is C21H17ClN2. The second-order valence-corrected chi connectivity index (χ2v) is 6.68. The number of aryl methyl sites for hydroxylation is 2. The Kier molecular flexibility index (Phi) is 3.43. The predicted molar refractivity (Wildman–Crippen MR) is 104 cm³/mol. The van der Waals surface area contributed by atoms with Crippen LogP contribution in [0.25, 0.3) is 32.9 Å². The summed E-state index contributed by atoms with van der Waals surface area (Å²) < 4.78 is 0. The quantitative estimate of drug-likeness (QED) is 0.348. The molecule has 24 heavy (non-hydrogen) atoms. The smallest absolute Gasteiger partial charge is 0.0717 e. The van der Waals surface area contributed by atoms with Crippen LogP contribution in [0.2, 0.25) is 5.02 Å². The topological polar surface area (TPSA) is 38.9 Å². The van der Waals surface area contributed by atoms with Gasteiger partial charge in [0.25, 0.3) is 0 Å². The molecule has 0 radical (unpaired) electrons. The number of fused-ring (bicyclic) bond motifs is 2. The number of hydrogen-bond donors (Lipinski definition) is 1. The van der Waals surface area contributed by atoms with E-state index >= 15 is 0 Å². The first-order chi connectivity index (χ1) is 11.5. The summed E-state index contributed by atoms with van der Waals surface area (Å²) in [4.78, 5) is 4.78. The fraction of sp³-hybridized carbons (Fsp3) is 0.0952. The predicted octanol–water partition coefficient (Wildman–Crippen LogP) is 5.91. The van der Waals surface area contributed by atoms with Gasteiger partial charge in [-0.15, -0.1) is 0 Å². The van der Waals surface area contributed by atoms with Gasteiger partial charge >= 0.3 is 0 Å². The van der Waals surface area contributed by atoms with Crippen LogP contribution in [0.4, 0.5) is 5.69 Å². The molecule has 0 saturated heterocycles. The molecule has 1 heterocycles. The van der Waals surface area contributed by atoms with Crippen molar-refractivity contribution in [3.8, 4) is 11.1 Å². The molecule has 4 aromatic rings. The number of hydrogen-bond acceptors (Lipinski definition) is 2. The maximum atomic E-state index is 6.28. The zero-order valence-corrected chi connectivity index (χ0v) is 14.4. The van der Waals surface area contributed by atoms with Crippen LogP contribution in [0.3, 0.4) is 0 Å². The molecule has 3 aromatic carbocycles. The second kappa shape index (κ2) is 5.50. The Morgan fingerprint density at radius 1 is 0.833 bits per heavy atom. The fourth-order valence-corrected chi connectivity index (χ4v) is 3.40. The summed E-state index contributed by atoms with van der Waals surface area (Å²) in [6.07, 6.45) is 0. The van der Waals surface area contributed by atoms with Gasteiger partial charge in [0.05, 0.1) is 11.0 Å². The monoisotopic (exact) mass is 332 g/mol. The van der Waals surface area contributed by atoms with E-state index in [1.54, 1.807) is 0 Å². The van der Waals surface area contributed by atoms with E-state index in [1.807, 2.05) is 36.4 Å². The van der Waals surface area contributed by atoms with Crippen molar-refractivity contribution in [3.05, 3.63) is 70.7 Å². The molecule has 1 aromatic heterocycles. The van der Waals surface area contributed by atoms with E-state index in [0.717, 1.165) is 33.1 Å². The van der Waals surface area contributed by atoms with Crippen molar-refractivity contribution in [1.29, 1.82) is 0 Å². The first-order valence-electron chi connectivity index (χ1n) is 7.89. The molecule has 0 atom stereocenters. The zero-order chi connectivity index (χ0) is 16.8. The molecule has 2 N–H and O–H groups in total. The molecule has 118 valence electrons. The van der Waals surface area contributed by atoms with E-state index < -0.39 is 0 Å². The van der Waals surface area contributed by atoms with E-state index in [4.69, 9.17) is 22.3 Å². The average molecular weight is 333 g/mol. The number of rotatable bonds is 1. The first-order valence-corrected chi connectivity index (χ1v) is 8.27. The lowest BCUT2D eigenvalue weighted by atomic mass is 9.92. The summed E-state index contributed by atoms with van der Waals surface area (Å²) in [7, 11) is 0. The summed E-state index contributed by atoms with van der Waals surface area (Å²) >= 11 is 6.28. The van der Waals surface area contributed by atoms with Gasteiger partial charge < -0.3 is 5.73 Å². The molecule has 0 fully saturated rings. The third-order valence-electron chi connectivity index (χ3n) is 4.42. The third-order valence-corrected chi connectivity index (χ3v) is 4.66. The molecular weight excluding hydrogens is 316 g/mol. The number of nitrogen functional groups attached to an aromatic ring is 1. The van der Waals surface area contributed by atoms with Crippen LogP contribution in [-0.4, -0.2) is 4.98 Å². The van der Waals surface area contributed by atoms with Gasteiger partial charge in [0.15, 0.2) is 0 Å². The third kappa shape index (κ3) is 2.40. The summed E-state index contributed by atoms with van der Waals surface area (Å²) in [5.74, 6) is 0. The lowest BCUT2D eigenvalue weighted by molar-refractivity contribution is 1.40. The molecule has 0 aliphatic carbocycles. The lowest BCUT2D eigenvalue weighted by Crippen LogP contribution is -1.93. The number of nitrogens with two attached hydrogens (primary N) is 1. The Morgan fingerprint density at radius 3 is 2.33 bits per heavy atom. The summed E-state index contributed by atoms with van der Waals surface area (Å²) in [6.45, 7) is 4.24. The molecule has 3 heteroatoms. The van der Waals surface area contributed by atoms with E-state index in [2.05, 4.69) is 32.0 Å². The van der Waals surface area contributed by atoms with Gasteiger partial charge in [-0.05, 0) is 61.4 Å². The number of halogens is 1. The SMILES string of the molecule is Cc1ccc(C)c(-c2c3cc(N)ccc3nc3ccc(Cl)cc23)c1. The highest BCUT2D eigenvalue weighted by Crippen LogP contribution is 2.38. The Hall–Kier alpha value is -2.58. The van der Waals surface area contributed by atoms with E-state index in [1.165, 1.54) is 16.7 Å². The summed E-state index contributed by atoms with van der Waals surface area (Å²) in [6, 6.07) is 18.2. The second-order valence-electron chi connectivity index (χ2n) is 6.24. The first kappa shape index (κ1) is 15.0. The van der Waals surface area contributed by atoms with Gasteiger partial charge in [-0.25, -0.2) is 4.98 Å². The Labute approximate surface area is 145 Å². The van der Waals surface area contributed by atoms with Gasteiger partial charge in [0, 0.05) is 27.0 Å². The summed E-state index contributed by atoms with van der Waals surface area (Å²) in [5.41, 5.74) is 13.5. The highest BCUT2D eigenvalue weighted by molar-refractivity contribution is 6.31. The van der Waals surface area contributed by atoms with Crippen LogP contribution in [0.15, 0.2) is 54.6 Å². The van der Waals surface area contributed by atoms with Crippen molar-refractivity contribution < 1.29 is 0 Å². The van der Waals surface area contributed by atoms with Crippen LogP contribution in [0, 0.1) is 13.8 Å². The maximum Gasteiger partial charge on any atom is 0.0717 e. The van der Waals surface area contributed by atoms with Crippen LogP contribution in [0.1, 0.15) is 11.1 Å². The van der Waals surface area contributed by atoms with Crippen molar-refractivity contribution >= 4 is 39.1 Å². The average Bonchev–Trinajstić information content (AvgIpc) is 2.55. The van der Waals surface area contributed by atoms with Gasteiger partial charge in [-0.1, -0.05) is 35.4 Å². The van der Waals surface area contributed by atoms with E-state index in [9.17, 15) is 0 Å². The summed E-state index contributed by atoms with van der Waals surface area (Å²) in [5, 5.41) is 2.81. The number of anilines is 1. The van der Waals surface area contributed by atoms with E-state index in [0.29, 0.717) is 5.02 Å². The fourth-order valence-electron chi connectivity index (χ4n) is 3.23. The maximum absolute atomic E-state index is 6.28. The van der Waals surface area contributed by atoms with Crippen molar-refractivity contribution in [2.24, 2.45) is 0 Å². The van der Waals surface area contributed by atoms with Crippen molar-refractivity contribution in [1.82, 2.24) is 4.98 Å². The number of pyridine rings is 1. The minimum absolute atomic E-state index is 0.708. The largest absolute Gasteiger partial charge is 0.399 e. The van der Waals surface area contributed by atoms with Crippen LogP contribution < -0.4 is 5.73 Å². The molecule has 0 aliphatic rings. The normalized spacial score (nSPS) is 11.3. The minimum Gasteiger partial charge on any atom is -0.399 e. The molecule has 0 saturated carbocycles.